The van der Waals surface area contributed by atoms with E-state index in [9.17, 15) is 24.0 Å². The number of rotatable bonds is 4. The minimum absolute atomic E-state index is 0.0226. The number of hydrogen-bond donors (Lipinski definition) is 2. The molecule has 0 saturated carbocycles. The first-order chi connectivity index (χ1) is 14.2. The van der Waals surface area contributed by atoms with Gasteiger partial charge in [-0.05, 0) is 0 Å². The number of carbonyl (C=O) groups excluding carboxylic acids is 3. The number of nitrogens with one attached hydrogen (secondary N) is 2. The highest BCUT2D eigenvalue weighted by atomic mass is 16.6. The molecule has 2 N–H and O–H groups in total. The molecule has 3 heterocycles. The molecule has 6 atom stereocenters. The molecule has 0 bridgehead atoms. The topological polar surface area (TPSA) is 155 Å². The number of nitrogens with zero attached hydrogens (tertiary/aromatic N) is 1. The first-order valence-corrected chi connectivity index (χ1v) is 9.35. The molecule has 0 unspecified atom stereocenters. The quantitative estimate of drug-likeness (QED) is 0.554. The zero-order chi connectivity index (χ0) is 22.0. The van der Waals surface area contributed by atoms with Gasteiger partial charge in [0.25, 0.3) is 5.56 Å². The van der Waals surface area contributed by atoms with E-state index in [-0.39, 0.29) is 18.9 Å². The summed E-state index contributed by atoms with van der Waals surface area (Å²) in [4.78, 5) is 60.7. The number of hydrogen-bond acceptors (Lipinski definition) is 9. The van der Waals surface area contributed by atoms with Gasteiger partial charge in [0.05, 0.1) is 12.6 Å². The van der Waals surface area contributed by atoms with Crippen LogP contribution in [0.2, 0.25) is 0 Å². The van der Waals surface area contributed by atoms with Gasteiger partial charge in [-0.1, -0.05) is 0 Å². The smallest absolute Gasteiger partial charge is 0.330 e. The maximum absolute atomic E-state index is 12.3. The highest BCUT2D eigenvalue weighted by Crippen LogP contribution is 2.37. The Morgan fingerprint density at radius 2 is 1.83 bits per heavy atom. The van der Waals surface area contributed by atoms with E-state index in [1.165, 1.54) is 27.0 Å². The van der Waals surface area contributed by atoms with Crippen LogP contribution in [0.4, 0.5) is 0 Å². The van der Waals surface area contributed by atoms with Gasteiger partial charge in [0.1, 0.15) is 18.3 Å². The summed E-state index contributed by atoms with van der Waals surface area (Å²) in [5.41, 5.74) is -1.35. The van der Waals surface area contributed by atoms with Crippen LogP contribution in [0.15, 0.2) is 21.9 Å². The molecule has 0 aromatic carbocycles. The maximum Gasteiger partial charge on any atom is 0.330 e. The van der Waals surface area contributed by atoms with Crippen molar-refractivity contribution in [1.29, 1.82) is 0 Å². The van der Waals surface area contributed by atoms with Gasteiger partial charge >= 0.3 is 17.6 Å². The predicted octanol–water partition coefficient (Wildman–Crippen LogP) is -1.41. The number of aromatic amines is 1. The monoisotopic (exact) mass is 425 g/mol. The second-order valence-corrected chi connectivity index (χ2v) is 7.15. The van der Waals surface area contributed by atoms with E-state index in [0.717, 1.165) is 10.6 Å². The molecule has 12 heteroatoms. The molecule has 0 radical (unpaired) electrons. The molecule has 0 spiro atoms. The van der Waals surface area contributed by atoms with E-state index in [1.807, 2.05) is 0 Å². The number of amides is 1. The Kier molecular flexibility index (Phi) is 6.37. The van der Waals surface area contributed by atoms with E-state index in [1.54, 1.807) is 0 Å². The summed E-state index contributed by atoms with van der Waals surface area (Å²) < 4.78 is 23.6. The van der Waals surface area contributed by atoms with Crippen LogP contribution < -0.4 is 16.6 Å². The van der Waals surface area contributed by atoms with Crippen molar-refractivity contribution in [3.63, 3.8) is 0 Å². The van der Waals surface area contributed by atoms with Crippen molar-refractivity contribution in [3.8, 4) is 0 Å². The van der Waals surface area contributed by atoms with Crippen LogP contribution >= 0.6 is 0 Å². The zero-order valence-corrected chi connectivity index (χ0v) is 16.7. The molecule has 1 aromatic heterocycles. The Morgan fingerprint density at radius 3 is 2.43 bits per heavy atom. The number of carbonyl (C=O) groups is 3. The van der Waals surface area contributed by atoms with Crippen molar-refractivity contribution in [2.75, 3.05) is 6.61 Å². The summed E-state index contributed by atoms with van der Waals surface area (Å²) in [6.07, 6.45) is -3.07. The third-order valence-corrected chi connectivity index (χ3v) is 4.76. The van der Waals surface area contributed by atoms with Crippen molar-refractivity contribution in [3.05, 3.63) is 33.1 Å². The molecular weight excluding hydrogens is 402 g/mol. The molecule has 164 valence electrons. The van der Waals surface area contributed by atoms with E-state index in [2.05, 4.69) is 10.3 Å². The van der Waals surface area contributed by atoms with Crippen molar-refractivity contribution in [2.24, 2.45) is 0 Å². The maximum atomic E-state index is 12.3. The SMILES string of the molecule is CC(=O)N[C@H]1C[C@@H](OC(C)=O)CO[C@@H]2[C@@H](OC(C)=O)[C@H](n3ccc(=O)[nH]c3=O)O[C@@H]21. The summed E-state index contributed by atoms with van der Waals surface area (Å²) in [6.45, 7) is 3.76. The summed E-state index contributed by atoms with van der Waals surface area (Å²) in [5.74, 6) is -1.49. The van der Waals surface area contributed by atoms with Crippen molar-refractivity contribution >= 4 is 17.8 Å². The van der Waals surface area contributed by atoms with Gasteiger partial charge in [-0.15, -0.1) is 0 Å². The van der Waals surface area contributed by atoms with Gasteiger partial charge in [-0.25, -0.2) is 4.79 Å². The van der Waals surface area contributed by atoms with Crippen molar-refractivity contribution < 1.29 is 33.3 Å². The third-order valence-electron chi connectivity index (χ3n) is 4.76. The predicted molar refractivity (Wildman–Crippen MR) is 98.3 cm³/mol. The standard InChI is InChI=1S/C18H23N3O9/c1-8(22)19-12-6-11(28-9(2)23)7-27-15-14(12)30-17(16(15)29-10(3)24)21-5-4-13(25)20-18(21)26/h4-5,11-12,14-17H,6-7H2,1-3H3,(H,19,22)(H,20,25,26)/t11-,12+,14-,15+,16-,17-/m1/s1. The molecule has 3 rings (SSSR count). The first kappa shape index (κ1) is 21.7. The summed E-state index contributed by atoms with van der Waals surface area (Å²) in [7, 11) is 0. The van der Waals surface area contributed by atoms with Gasteiger partial charge in [0, 0.05) is 39.5 Å². The lowest BCUT2D eigenvalue weighted by atomic mass is 9.99. The average molecular weight is 425 g/mol. The number of H-pyrrole nitrogens is 1. The summed E-state index contributed by atoms with van der Waals surface area (Å²) in [5, 5.41) is 2.75. The van der Waals surface area contributed by atoms with Gasteiger partial charge in [0.15, 0.2) is 12.3 Å². The molecule has 1 amide bonds. The van der Waals surface area contributed by atoms with E-state index in [0.29, 0.717) is 0 Å². The van der Waals surface area contributed by atoms with Gasteiger partial charge in [0.2, 0.25) is 5.91 Å². The largest absolute Gasteiger partial charge is 0.460 e. The normalized spacial score (nSPS) is 30.6. The second-order valence-electron chi connectivity index (χ2n) is 7.15. The lowest BCUT2D eigenvalue weighted by Gasteiger charge is -2.26. The minimum Gasteiger partial charge on any atom is -0.460 e. The molecule has 1 aromatic rings. The summed E-state index contributed by atoms with van der Waals surface area (Å²) in [6, 6.07) is 0.480. The molecule has 0 aliphatic carbocycles. The van der Waals surface area contributed by atoms with E-state index < -0.39 is 59.9 Å². The highest BCUT2D eigenvalue weighted by Gasteiger charge is 2.54. The molecule has 30 heavy (non-hydrogen) atoms. The van der Waals surface area contributed by atoms with Crippen LogP contribution in [-0.2, 0) is 33.3 Å². The van der Waals surface area contributed by atoms with E-state index >= 15 is 0 Å². The summed E-state index contributed by atoms with van der Waals surface area (Å²) >= 11 is 0. The zero-order valence-electron chi connectivity index (χ0n) is 16.7. The lowest BCUT2D eigenvalue weighted by Crippen LogP contribution is -2.48. The number of aromatic nitrogens is 2. The van der Waals surface area contributed by atoms with Crippen LogP contribution in [0.3, 0.4) is 0 Å². The molecular formula is C18H23N3O9. The number of ether oxygens (including phenoxy) is 4. The number of fused-ring (bicyclic) bond motifs is 1. The highest BCUT2D eigenvalue weighted by molar-refractivity contribution is 5.73. The molecule has 12 nitrogen and oxygen atoms in total. The van der Waals surface area contributed by atoms with Crippen LogP contribution in [0.5, 0.6) is 0 Å². The fourth-order valence-corrected chi connectivity index (χ4v) is 3.77. The Morgan fingerprint density at radius 1 is 1.13 bits per heavy atom. The van der Waals surface area contributed by atoms with Crippen LogP contribution in [0.1, 0.15) is 33.4 Å². The second kappa shape index (κ2) is 8.79. The fraction of sp³-hybridized carbons (Fsp3) is 0.611. The Labute approximate surface area is 170 Å². The van der Waals surface area contributed by atoms with E-state index in [4.69, 9.17) is 18.9 Å². The number of esters is 2. The fourth-order valence-electron chi connectivity index (χ4n) is 3.77. The van der Waals surface area contributed by atoms with Crippen molar-refractivity contribution in [1.82, 2.24) is 14.9 Å². The first-order valence-electron chi connectivity index (χ1n) is 9.35. The van der Waals surface area contributed by atoms with Gasteiger partial charge < -0.3 is 24.3 Å². The Bertz CT molecular complexity index is 939. The van der Waals surface area contributed by atoms with Crippen LogP contribution in [-0.4, -0.2) is 64.5 Å². The van der Waals surface area contributed by atoms with Gasteiger partial charge in [-0.2, -0.15) is 0 Å². The third kappa shape index (κ3) is 4.76. The Hall–Kier alpha value is -2.99. The van der Waals surface area contributed by atoms with Crippen LogP contribution in [0.25, 0.3) is 0 Å². The lowest BCUT2D eigenvalue weighted by molar-refractivity contribution is -0.161. The minimum atomic E-state index is -1.10. The van der Waals surface area contributed by atoms with Gasteiger partial charge in [-0.3, -0.25) is 28.7 Å². The van der Waals surface area contributed by atoms with Crippen LogP contribution in [0, 0.1) is 0 Å². The Balaban J connectivity index is 1.97. The molecule has 2 fully saturated rings. The average Bonchev–Trinajstić information content (AvgIpc) is 2.87. The van der Waals surface area contributed by atoms with Crippen molar-refractivity contribution in [2.45, 2.75) is 63.9 Å². The molecule has 2 aliphatic heterocycles. The molecule has 2 saturated heterocycles. The molecule has 2 aliphatic rings.